The van der Waals surface area contributed by atoms with Gasteiger partial charge in [0.1, 0.15) is 11.5 Å². The Kier molecular flexibility index (Phi) is 5.48. The Balaban J connectivity index is 1.60. The third-order valence-electron chi connectivity index (χ3n) is 5.89. The van der Waals surface area contributed by atoms with Gasteiger partial charge in [-0.2, -0.15) is 0 Å². The normalized spacial score (nSPS) is 19.8. The molecule has 1 aromatic carbocycles. The van der Waals surface area contributed by atoms with E-state index in [0.717, 1.165) is 62.9 Å². The fraction of sp³-hybridized carbons (Fsp3) is 0.524. The summed E-state index contributed by atoms with van der Waals surface area (Å²) >= 11 is 0. The zero-order valence-corrected chi connectivity index (χ0v) is 17.0. The number of alkyl halides is 3. The number of rotatable bonds is 4. The average molecular weight is 422 g/mol. The predicted octanol–water partition coefficient (Wildman–Crippen LogP) is 3.90. The molecule has 30 heavy (non-hydrogen) atoms. The van der Waals surface area contributed by atoms with Crippen molar-refractivity contribution in [3.05, 3.63) is 29.3 Å². The Bertz CT molecular complexity index is 912. The number of hydrogen-bond acceptors (Lipinski definition) is 6. The average Bonchev–Trinajstić information content (AvgIpc) is 3.09. The number of phenolic OH excluding ortho intramolecular Hbond substituents is 1. The second-order valence-corrected chi connectivity index (χ2v) is 7.89. The largest absolute Gasteiger partial charge is 0.573 e. The lowest BCUT2D eigenvalue weighted by Gasteiger charge is -2.37. The van der Waals surface area contributed by atoms with Crippen molar-refractivity contribution in [1.82, 2.24) is 15.1 Å². The Morgan fingerprint density at radius 3 is 2.70 bits per heavy atom. The van der Waals surface area contributed by atoms with Crippen molar-refractivity contribution < 1.29 is 23.0 Å². The maximum atomic E-state index is 12.5. The van der Waals surface area contributed by atoms with Gasteiger partial charge in [0.15, 0.2) is 5.82 Å². The van der Waals surface area contributed by atoms with Crippen molar-refractivity contribution in [1.29, 1.82) is 0 Å². The summed E-state index contributed by atoms with van der Waals surface area (Å²) in [5, 5.41) is 19.1. The zero-order valence-electron chi connectivity index (χ0n) is 17.0. The molecule has 1 saturated heterocycles. The molecule has 9 heteroatoms. The number of aryl methyl sites for hydroxylation is 1. The van der Waals surface area contributed by atoms with Crippen molar-refractivity contribution in [2.24, 2.45) is 0 Å². The van der Waals surface area contributed by atoms with Crippen LogP contribution in [0.3, 0.4) is 0 Å². The van der Waals surface area contributed by atoms with Crippen LogP contribution in [0.25, 0.3) is 11.3 Å². The van der Waals surface area contributed by atoms with Crippen LogP contribution in [-0.4, -0.2) is 58.8 Å². The summed E-state index contributed by atoms with van der Waals surface area (Å²) in [4.78, 5) is 4.76. The summed E-state index contributed by atoms with van der Waals surface area (Å²) in [6.45, 7) is 7.84. The van der Waals surface area contributed by atoms with Gasteiger partial charge < -0.3 is 19.6 Å². The summed E-state index contributed by atoms with van der Waals surface area (Å²) in [5.41, 5.74) is 2.29. The number of hydrogen-bond donors (Lipinski definition) is 1. The SMILES string of the molecule is CCN1CCC[C@@H](N2CCc3cc(-c4c(C)cc(OC(F)(F)F)cc4O)nnc32)C1. The molecule has 4 rings (SSSR count). The summed E-state index contributed by atoms with van der Waals surface area (Å²) in [6.07, 6.45) is -1.70. The molecule has 2 aromatic rings. The van der Waals surface area contributed by atoms with Gasteiger partial charge >= 0.3 is 6.36 Å². The molecule has 0 saturated carbocycles. The Labute approximate surface area is 173 Å². The molecule has 0 radical (unpaired) electrons. The van der Waals surface area contributed by atoms with Gasteiger partial charge in [0.25, 0.3) is 0 Å². The van der Waals surface area contributed by atoms with Crippen LogP contribution >= 0.6 is 0 Å². The summed E-state index contributed by atoms with van der Waals surface area (Å²) in [6, 6.07) is 4.49. The number of halogens is 3. The minimum atomic E-state index is -4.82. The van der Waals surface area contributed by atoms with E-state index in [1.807, 2.05) is 6.07 Å². The monoisotopic (exact) mass is 422 g/mol. The molecular formula is C21H25F3N4O2. The number of likely N-dealkylation sites (N-methyl/N-ethyl adjacent to an activating group) is 1. The van der Waals surface area contributed by atoms with Crippen LogP contribution in [0.5, 0.6) is 11.5 Å². The van der Waals surface area contributed by atoms with Gasteiger partial charge in [-0.25, -0.2) is 0 Å². The molecule has 1 N–H and O–H groups in total. The number of piperidine rings is 1. The van der Waals surface area contributed by atoms with E-state index in [9.17, 15) is 18.3 Å². The molecule has 1 aromatic heterocycles. The highest BCUT2D eigenvalue weighted by Gasteiger charge is 2.33. The lowest BCUT2D eigenvalue weighted by atomic mass is 10.0. The lowest BCUT2D eigenvalue weighted by molar-refractivity contribution is -0.274. The van der Waals surface area contributed by atoms with Crippen LogP contribution < -0.4 is 9.64 Å². The third-order valence-corrected chi connectivity index (χ3v) is 5.89. The summed E-state index contributed by atoms with van der Waals surface area (Å²) in [7, 11) is 0. The van der Waals surface area contributed by atoms with Gasteiger partial charge in [-0.1, -0.05) is 6.92 Å². The van der Waals surface area contributed by atoms with Crippen molar-refractivity contribution in [3.8, 4) is 22.8 Å². The number of aromatic nitrogens is 2. The Morgan fingerprint density at radius 1 is 1.20 bits per heavy atom. The van der Waals surface area contributed by atoms with Gasteiger partial charge in [-0.3, -0.25) is 0 Å². The highest BCUT2D eigenvalue weighted by molar-refractivity contribution is 5.73. The molecule has 6 nitrogen and oxygen atoms in total. The Morgan fingerprint density at radius 2 is 2.00 bits per heavy atom. The first kappa shape index (κ1) is 20.7. The van der Waals surface area contributed by atoms with Crippen LogP contribution in [0.4, 0.5) is 19.0 Å². The first-order chi connectivity index (χ1) is 14.2. The van der Waals surface area contributed by atoms with E-state index >= 15 is 0 Å². The van der Waals surface area contributed by atoms with Gasteiger partial charge in [0.2, 0.25) is 0 Å². The number of anilines is 1. The van der Waals surface area contributed by atoms with Gasteiger partial charge in [-0.05, 0) is 57.0 Å². The second-order valence-electron chi connectivity index (χ2n) is 7.89. The maximum Gasteiger partial charge on any atom is 0.573 e. The predicted molar refractivity (Wildman–Crippen MR) is 107 cm³/mol. The van der Waals surface area contributed by atoms with E-state index in [2.05, 4.69) is 31.7 Å². The van der Waals surface area contributed by atoms with Crippen molar-refractivity contribution in [3.63, 3.8) is 0 Å². The molecule has 2 aliphatic heterocycles. The van der Waals surface area contributed by atoms with E-state index in [1.165, 1.54) is 6.07 Å². The number of likely N-dealkylation sites (tertiary alicyclic amines) is 1. The third kappa shape index (κ3) is 4.16. The number of benzene rings is 1. The smallest absolute Gasteiger partial charge is 0.507 e. The van der Waals surface area contributed by atoms with Crippen molar-refractivity contribution in [2.45, 2.75) is 45.5 Å². The number of ether oxygens (including phenoxy) is 1. The minimum absolute atomic E-state index is 0.316. The zero-order chi connectivity index (χ0) is 21.5. The van der Waals surface area contributed by atoms with Gasteiger partial charge in [-0.15, -0.1) is 23.4 Å². The highest BCUT2D eigenvalue weighted by Crippen LogP contribution is 2.39. The quantitative estimate of drug-likeness (QED) is 0.806. The maximum absolute atomic E-state index is 12.5. The first-order valence-electron chi connectivity index (χ1n) is 10.2. The van der Waals surface area contributed by atoms with Crippen LogP contribution in [0.15, 0.2) is 18.2 Å². The van der Waals surface area contributed by atoms with Gasteiger partial charge in [0, 0.05) is 36.3 Å². The second kappa shape index (κ2) is 7.94. The Hall–Kier alpha value is -2.55. The number of fused-ring (bicyclic) bond motifs is 1. The number of aromatic hydroxyl groups is 1. The standard InChI is InChI=1S/C21H25F3N4O2/c1-3-27-7-4-5-15(12-27)28-8-6-14-10-17(25-26-20(14)28)19-13(2)9-16(11-18(19)29)30-21(22,23)24/h9-11,15,29H,3-8,12H2,1-2H3/t15-/m1/s1. The molecule has 1 atom stereocenters. The number of phenols is 1. The summed E-state index contributed by atoms with van der Waals surface area (Å²) < 4.78 is 41.4. The van der Waals surface area contributed by atoms with E-state index in [4.69, 9.17) is 0 Å². The molecule has 0 spiro atoms. The fourth-order valence-corrected chi connectivity index (χ4v) is 4.51. The van der Waals surface area contributed by atoms with E-state index in [1.54, 1.807) is 6.92 Å². The van der Waals surface area contributed by atoms with Crippen LogP contribution in [0, 0.1) is 6.92 Å². The lowest BCUT2D eigenvalue weighted by Crippen LogP contribution is -2.47. The number of nitrogens with zero attached hydrogens (tertiary/aromatic N) is 4. The molecule has 0 bridgehead atoms. The highest BCUT2D eigenvalue weighted by atomic mass is 19.4. The fourth-order valence-electron chi connectivity index (χ4n) is 4.51. The topological polar surface area (TPSA) is 61.7 Å². The van der Waals surface area contributed by atoms with Gasteiger partial charge in [0.05, 0.1) is 5.69 Å². The van der Waals surface area contributed by atoms with Crippen LogP contribution in [0.1, 0.15) is 30.9 Å². The van der Waals surface area contributed by atoms with Crippen LogP contribution in [0.2, 0.25) is 0 Å². The molecule has 3 heterocycles. The summed E-state index contributed by atoms with van der Waals surface area (Å²) in [5.74, 6) is 0.0967. The van der Waals surface area contributed by atoms with E-state index in [0.29, 0.717) is 22.9 Å². The molecular weight excluding hydrogens is 397 g/mol. The molecule has 1 fully saturated rings. The molecule has 162 valence electrons. The van der Waals surface area contributed by atoms with E-state index < -0.39 is 12.1 Å². The molecule has 2 aliphatic rings. The molecule has 0 amide bonds. The van der Waals surface area contributed by atoms with Crippen molar-refractivity contribution >= 4 is 5.82 Å². The molecule has 0 unspecified atom stereocenters. The van der Waals surface area contributed by atoms with Crippen molar-refractivity contribution in [2.75, 3.05) is 31.1 Å². The first-order valence-corrected chi connectivity index (χ1v) is 10.2. The van der Waals surface area contributed by atoms with Crippen LogP contribution in [-0.2, 0) is 6.42 Å². The molecule has 0 aliphatic carbocycles. The minimum Gasteiger partial charge on any atom is -0.507 e. The van der Waals surface area contributed by atoms with E-state index in [-0.39, 0.29) is 5.75 Å².